The molecule has 1 saturated carbocycles. The van der Waals surface area contributed by atoms with E-state index in [0.717, 1.165) is 24.3 Å². The molecule has 0 bridgehead atoms. The van der Waals surface area contributed by atoms with E-state index < -0.39 is 0 Å². The number of nitrogens with two attached hydrogens (primary N) is 1. The van der Waals surface area contributed by atoms with Crippen LogP contribution in [-0.2, 0) is 0 Å². The first-order valence-electron chi connectivity index (χ1n) is 6.70. The Labute approximate surface area is 94.2 Å². The summed E-state index contributed by atoms with van der Waals surface area (Å²) in [7, 11) is 2.26. The van der Waals surface area contributed by atoms with Crippen LogP contribution in [-0.4, -0.2) is 31.6 Å². The van der Waals surface area contributed by atoms with Crippen LogP contribution in [0.2, 0.25) is 0 Å². The zero-order chi connectivity index (χ0) is 10.7. The molecule has 0 spiro atoms. The van der Waals surface area contributed by atoms with Crippen molar-refractivity contribution in [1.29, 1.82) is 0 Å². The summed E-state index contributed by atoms with van der Waals surface area (Å²) >= 11 is 0. The third kappa shape index (κ3) is 2.73. The van der Waals surface area contributed by atoms with E-state index in [4.69, 9.17) is 5.73 Å². The van der Waals surface area contributed by atoms with Crippen molar-refractivity contribution < 1.29 is 0 Å². The lowest BCUT2D eigenvalue weighted by Crippen LogP contribution is -2.27. The molecule has 2 N–H and O–H groups in total. The van der Waals surface area contributed by atoms with Gasteiger partial charge in [-0.2, -0.15) is 0 Å². The molecule has 2 fully saturated rings. The van der Waals surface area contributed by atoms with Gasteiger partial charge in [-0.15, -0.1) is 0 Å². The molecule has 0 amide bonds. The van der Waals surface area contributed by atoms with E-state index in [0.29, 0.717) is 0 Å². The topological polar surface area (TPSA) is 29.3 Å². The molecule has 2 unspecified atom stereocenters. The monoisotopic (exact) mass is 210 g/mol. The summed E-state index contributed by atoms with van der Waals surface area (Å²) in [5.74, 6) is 2.88. The van der Waals surface area contributed by atoms with Crippen molar-refractivity contribution in [3.05, 3.63) is 0 Å². The molecule has 2 atom stereocenters. The maximum Gasteiger partial charge on any atom is 0.000984 e. The van der Waals surface area contributed by atoms with Crippen LogP contribution in [0.1, 0.15) is 38.5 Å². The molecule has 0 radical (unpaired) electrons. The van der Waals surface area contributed by atoms with Crippen molar-refractivity contribution in [3.63, 3.8) is 0 Å². The van der Waals surface area contributed by atoms with Crippen molar-refractivity contribution in [1.82, 2.24) is 4.90 Å². The SMILES string of the molecule is CN1CCC(C(CCN)C2CCCC2)C1. The van der Waals surface area contributed by atoms with Gasteiger partial charge in [-0.3, -0.25) is 0 Å². The summed E-state index contributed by atoms with van der Waals surface area (Å²) in [5.41, 5.74) is 5.79. The molecule has 2 nitrogen and oxygen atoms in total. The Bertz CT molecular complexity index is 187. The smallest absolute Gasteiger partial charge is 0.000984 e. The minimum Gasteiger partial charge on any atom is -0.330 e. The molecular weight excluding hydrogens is 184 g/mol. The third-order valence-corrected chi connectivity index (χ3v) is 4.54. The highest BCUT2D eigenvalue weighted by molar-refractivity contribution is 4.85. The van der Waals surface area contributed by atoms with E-state index in [1.165, 1.54) is 51.6 Å². The largest absolute Gasteiger partial charge is 0.330 e. The Hall–Kier alpha value is -0.0800. The van der Waals surface area contributed by atoms with Crippen molar-refractivity contribution in [3.8, 4) is 0 Å². The van der Waals surface area contributed by atoms with E-state index in [-0.39, 0.29) is 0 Å². The summed E-state index contributed by atoms with van der Waals surface area (Å²) in [6.07, 6.45) is 8.57. The van der Waals surface area contributed by atoms with Gasteiger partial charge in [0.25, 0.3) is 0 Å². The van der Waals surface area contributed by atoms with Gasteiger partial charge in [-0.1, -0.05) is 25.7 Å². The van der Waals surface area contributed by atoms with Gasteiger partial charge in [-0.25, -0.2) is 0 Å². The molecule has 0 aromatic heterocycles. The predicted molar refractivity (Wildman–Crippen MR) is 64.7 cm³/mol. The lowest BCUT2D eigenvalue weighted by atomic mass is 9.78. The molecule has 15 heavy (non-hydrogen) atoms. The summed E-state index contributed by atoms with van der Waals surface area (Å²) in [5, 5.41) is 0. The molecule has 88 valence electrons. The highest BCUT2D eigenvalue weighted by Crippen LogP contribution is 2.39. The number of hydrogen-bond acceptors (Lipinski definition) is 2. The van der Waals surface area contributed by atoms with Gasteiger partial charge < -0.3 is 10.6 Å². The highest BCUT2D eigenvalue weighted by atomic mass is 15.1. The molecule has 0 aromatic carbocycles. The average Bonchev–Trinajstić information content (AvgIpc) is 2.85. The first-order valence-corrected chi connectivity index (χ1v) is 6.70. The Balaban J connectivity index is 1.92. The maximum absolute atomic E-state index is 5.79. The minimum atomic E-state index is 0.890. The zero-order valence-corrected chi connectivity index (χ0v) is 10.1. The van der Waals surface area contributed by atoms with E-state index in [9.17, 15) is 0 Å². The Kier molecular flexibility index (Phi) is 4.04. The van der Waals surface area contributed by atoms with Crippen LogP contribution < -0.4 is 5.73 Å². The molecule has 1 aliphatic carbocycles. The van der Waals surface area contributed by atoms with Crippen molar-refractivity contribution in [2.24, 2.45) is 23.5 Å². The van der Waals surface area contributed by atoms with Gasteiger partial charge in [0.15, 0.2) is 0 Å². The van der Waals surface area contributed by atoms with Crippen LogP contribution in [0.5, 0.6) is 0 Å². The first kappa shape index (κ1) is 11.4. The number of nitrogens with zero attached hydrogens (tertiary/aromatic N) is 1. The summed E-state index contributed by atoms with van der Waals surface area (Å²) in [4.78, 5) is 2.49. The third-order valence-electron chi connectivity index (χ3n) is 4.54. The van der Waals surface area contributed by atoms with Crippen LogP contribution in [0.15, 0.2) is 0 Å². The molecule has 0 aromatic rings. The lowest BCUT2D eigenvalue weighted by molar-refractivity contribution is 0.217. The lowest BCUT2D eigenvalue weighted by Gasteiger charge is -2.28. The van der Waals surface area contributed by atoms with Gasteiger partial charge in [0.05, 0.1) is 0 Å². The van der Waals surface area contributed by atoms with Crippen LogP contribution in [0.4, 0.5) is 0 Å². The molecule has 1 saturated heterocycles. The van der Waals surface area contributed by atoms with Crippen LogP contribution in [0.3, 0.4) is 0 Å². The molecule has 2 rings (SSSR count). The van der Waals surface area contributed by atoms with Crippen molar-refractivity contribution in [2.75, 3.05) is 26.7 Å². The second-order valence-corrected chi connectivity index (χ2v) is 5.60. The minimum absolute atomic E-state index is 0.890. The molecule has 2 heteroatoms. The van der Waals surface area contributed by atoms with E-state index >= 15 is 0 Å². The zero-order valence-electron chi connectivity index (χ0n) is 10.1. The maximum atomic E-state index is 5.79. The van der Waals surface area contributed by atoms with Crippen LogP contribution in [0, 0.1) is 17.8 Å². The predicted octanol–water partition coefficient (Wildman–Crippen LogP) is 2.09. The fourth-order valence-corrected chi connectivity index (χ4v) is 3.75. The van der Waals surface area contributed by atoms with Crippen molar-refractivity contribution in [2.45, 2.75) is 38.5 Å². The molecule has 1 heterocycles. The number of rotatable bonds is 4. The van der Waals surface area contributed by atoms with Gasteiger partial charge in [-0.05, 0) is 50.7 Å². The fraction of sp³-hybridized carbons (Fsp3) is 1.00. The highest BCUT2D eigenvalue weighted by Gasteiger charge is 2.33. The standard InChI is InChI=1S/C13H26N2/c1-15-9-7-12(10-15)13(6-8-14)11-4-2-3-5-11/h11-13H,2-10,14H2,1H3. The van der Waals surface area contributed by atoms with E-state index in [2.05, 4.69) is 11.9 Å². The van der Waals surface area contributed by atoms with E-state index in [1.807, 2.05) is 0 Å². The summed E-state index contributed by atoms with van der Waals surface area (Å²) in [6, 6.07) is 0. The van der Waals surface area contributed by atoms with Gasteiger partial charge in [0.1, 0.15) is 0 Å². The average molecular weight is 210 g/mol. The molecule has 1 aliphatic heterocycles. The second-order valence-electron chi connectivity index (χ2n) is 5.60. The number of likely N-dealkylation sites (tertiary alicyclic amines) is 1. The quantitative estimate of drug-likeness (QED) is 0.770. The Morgan fingerprint density at radius 2 is 1.93 bits per heavy atom. The summed E-state index contributed by atoms with van der Waals surface area (Å²) in [6.45, 7) is 3.51. The second kappa shape index (κ2) is 5.31. The van der Waals surface area contributed by atoms with Crippen LogP contribution >= 0.6 is 0 Å². The fourth-order valence-electron chi connectivity index (χ4n) is 3.75. The number of hydrogen-bond donors (Lipinski definition) is 1. The molecule has 2 aliphatic rings. The first-order chi connectivity index (χ1) is 7.31. The normalized spacial score (nSPS) is 31.2. The van der Waals surface area contributed by atoms with Gasteiger partial charge >= 0.3 is 0 Å². The van der Waals surface area contributed by atoms with E-state index in [1.54, 1.807) is 0 Å². The van der Waals surface area contributed by atoms with Gasteiger partial charge in [0.2, 0.25) is 0 Å². The van der Waals surface area contributed by atoms with Crippen LogP contribution in [0.25, 0.3) is 0 Å². The Morgan fingerprint density at radius 1 is 1.20 bits per heavy atom. The van der Waals surface area contributed by atoms with Crippen molar-refractivity contribution >= 4 is 0 Å². The molecular formula is C13H26N2. The van der Waals surface area contributed by atoms with Gasteiger partial charge in [0, 0.05) is 6.54 Å². The summed E-state index contributed by atoms with van der Waals surface area (Å²) < 4.78 is 0. The Morgan fingerprint density at radius 3 is 2.47 bits per heavy atom.